The molecule has 1 rings (SSSR count). The maximum absolute atomic E-state index is 5.90. The molecule has 0 fully saturated rings. The summed E-state index contributed by atoms with van der Waals surface area (Å²) in [4.78, 5) is 3.97. The van der Waals surface area contributed by atoms with E-state index in [0.29, 0.717) is 15.6 Å². The van der Waals surface area contributed by atoms with Crippen molar-refractivity contribution in [2.24, 2.45) is 0 Å². The number of pyridine rings is 1. The lowest BCUT2D eigenvalue weighted by Gasteiger charge is -2.05. The molecule has 0 bridgehead atoms. The van der Waals surface area contributed by atoms with Crippen LogP contribution in [0.2, 0.25) is 10.3 Å². The summed E-state index contributed by atoms with van der Waals surface area (Å²) in [5.74, 6) is 0.890. The van der Waals surface area contributed by atoms with Crippen LogP contribution < -0.4 is 0 Å². The Labute approximate surface area is 92.8 Å². The fraction of sp³-hybridized carbons (Fsp3) is 0.444. The van der Waals surface area contributed by atoms with E-state index in [2.05, 4.69) is 18.8 Å². The van der Waals surface area contributed by atoms with Gasteiger partial charge in [0.25, 0.3) is 0 Å². The minimum absolute atomic E-state index is 0.447. The highest BCUT2D eigenvalue weighted by atomic mass is 35.5. The van der Waals surface area contributed by atoms with Crippen LogP contribution in [0, 0.1) is 0 Å². The van der Waals surface area contributed by atoms with E-state index in [1.54, 1.807) is 6.07 Å². The number of thioether (sulfide) groups is 1. The summed E-state index contributed by atoms with van der Waals surface area (Å²) in [5.41, 5.74) is 1.05. The van der Waals surface area contributed by atoms with Crippen molar-refractivity contribution in [3.63, 3.8) is 0 Å². The molecule has 0 atom stereocenters. The Bertz CT molecular complexity index is 289. The summed E-state index contributed by atoms with van der Waals surface area (Å²) in [6.07, 6.45) is 0. The molecule has 0 aliphatic heterocycles. The third-order valence-electron chi connectivity index (χ3n) is 1.46. The summed E-state index contributed by atoms with van der Waals surface area (Å²) < 4.78 is 0. The molecule has 0 saturated carbocycles. The van der Waals surface area contributed by atoms with Crippen LogP contribution in [-0.4, -0.2) is 10.2 Å². The maximum Gasteiger partial charge on any atom is 0.134 e. The van der Waals surface area contributed by atoms with Crippen LogP contribution in [0.1, 0.15) is 19.4 Å². The highest BCUT2D eigenvalue weighted by Gasteiger charge is 2.03. The molecule has 0 unspecified atom stereocenters. The van der Waals surface area contributed by atoms with E-state index in [1.807, 2.05) is 17.8 Å². The van der Waals surface area contributed by atoms with E-state index in [1.165, 1.54) is 0 Å². The molecule has 0 saturated heterocycles. The van der Waals surface area contributed by atoms with Crippen molar-refractivity contribution in [1.82, 2.24) is 4.98 Å². The molecule has 1 heterocycles. The van der Waals surface area contributed by atoms with Gasteiger partial charge in [0, 0.05) is 5.75 Å². The molecule has 0 radical (unpaired) electrons. The first-order valence-corrected chi connectivity index (χ1v) is 5.82. The molecule has 13 heavy (non-hydrogen) atoms. The van der Waals surface area contributed by atoms with Crippen LogP contribution >= 0.6 is 35.0 Å². The van der Waals surface area contributed by atoms with Gasteiger partial charge in [-0.05, 0) is 16.9 Å². The average Bonchev–Trinajstić information content (AvgIpc) is 2.02. The van der Waals surface area contributed by atoms with Gasteiger partial charge >= 0.3 is 0 Å². The normalized spacial score (nSPS) is 10.8. The standard InChI is InChI=1S/C9H11Cl2NS/c1-6(2)13-5-7-3-4-8(10)12-9(7)11/h3-4,6H,5H2,1-2H3. The third-order valence-corrected chi connectivity index (χ3v) is 3.15. The van der Waals surface area contributed by atoms with Crippen LogP contribution in [0.5, 0.6) is 0 Å². The second-order valence-electron chi connectivity index (χ2n) is 2.94. The minimum Gasteiger partial charge on any atom is -0.224 e. The zero-order chi connectivity index (χ0) is 9.84. The third kappa shape index (κ3) is 3.75. The lowest BCUT2D eigenvalue weighted by molar-refractivity contribution is 1.11. The molecule has 0 aromatic carbocycles. The monoisotopic (exact) mass is 235 g/mol. The highest BCUT2D eigenvalue weighted by molar-refractivity contribution is 7.99. The van der Waals surface area contributed by atoms with Gasteiger partial charge in [-0.15, -0.1) is 0 Å². The Hall–Kier alpha value is 0.0800. The summed E-state index contributed by atoms with van der Waals surface area (Å²) in [6.45, 7) is 4.31. The fourth-order valence-electron chi connectivity index (χ4n) is 0.805. The predicted octanol–water partition coefficient (Wildman–Crippen LogP) is 4.03. The van der Waals surface area contributed by atoms with Gasteiger partial charge in [0.2, 0.25) is 0 Å². The van der Waals surface area contributed by atoms with Gasteiger partial charge in [-0.25, -0.2) is 4.98 Å². The summed E-state index contributed by atoms with van der Waals surface area (Å²) in [5, 5.41) is 1.57. The lowest BCUT2D eigenvalue weighted by Crippen LogP contribution is -1.91. The van der Waals surface area contributed by atoms with E-state index in [9.17, 15) is 0 Å². The first kappa shape index (κ1) is 11.2. The number of nitrogens with zero attached hydrogens (tertiary/aromatic N) is 1. The minimum atomic E-state index is 0.447. The highest BCUT2D eigenvalue weighted by Crippen LogP contribution is 2.23. The van der Waals surface area contributed by atoms with Crippen molar-refractivity contribution < 1.29 is 0 Å². The fourth-order valence-corrected chi connectivity index (χ4v) is 2.04. The molecular formula is C9H11Cl2NS. The predicted molar refractivity (Wildman–Crippen MR) is 60.7 cm³/mol. The van der Waals surface area contributed by atoms with Crippen molar-refractivity contribution >= 4 is 35.0 Å². The van der Waals surface area contributed by atoms with Crippen molar-refractivity contribution in [3.8, 4) is 0 Å². The Balaban J connectivity index is 2.67. The van der Waals surface area contributed by atoms with Crippen molar-refractivity contribution in [2.45, 2.75) is 24.9 Å². The van der Waals surface area contributed by atoms with Gasteiger partial charge in [-0.3, -0.25) is 0 Å². The Morgan fingerprint density at radius 1 is 1.38 bits per heavy atom. The van der Waals surface area contributed by atoms with E-state index < -0.39 is 0 Å². The molecule has 0 spiro atoms. The molecule has 1 nitrogen and oxygen atoms in total. The zero-order valence-corrected chi connectivity index (χ0v) is 9.88. The number of aromatic nitrogens is 1. The van der Waals surface area contributed by atoms with E-state index >= 15 is 0 Å². The van der Waals surface area contributed by atoms with Gasteiger partial charge < -0.3 is 0 Å². The molecule has 0 aliphatic carbocycles. The van der Waals surface area contributed by atoms with Crippen LogP contribution in [0.4, 0.5) is 0 Å². The summed E-state index contributed by atoms with van der Waals surface area (Å²) >= 11 is 13.4. The smallest absolute Gasteiger partial charge is 0.134 e. The molecule has 0 aliphatic rings. The van der Waals surface area contributed by atoms with Crippen LogP contribution in [0.15, 0.2) is 12.1 Å². The number of hydrogen-bond acceptors (Lipinski definition) is 2. The van der Waals surface area contributed by atoms with E-state index in [-0.39, 0.29) is 0 Å². The molecule has 0 N–H and O–H groups in total. The first-order valence-electron chi connectivity index (χ1n) is 4.02. The zero-order valence-electron chi connectivity index (χ0n) is 7.55. The van der Waals surface area contributed by atoms with E-state index in [0.717, 1.165) is 11.3 Å². The number of halogens is 2. The first-order chi connectivity index (χ1) is 6.09. The number of hydrogen-bond donors (Lipinski definition) is 0. The SMILES string of the molecule is CC(C)SCc1ccc(Cl)nc1Cl. The maximum atomic E-state index is 5.90. The Morgan fingerprint density at radius 3 is 2.62 bits per heavy atom. The molecule has 1 aromatic rings. The molecular weight excluding hydrogens is 225 g/mol. The Kier molecular flexibility index (Phi) is 4.36. The van der Waals surface area contributed by atoms with E-state index in [4.69, 9.17) is 23.2 Å². The number of rotatable bonds is 3. The average molecular weight is 236 g/mol. The van der Waals surface area contributed by atoms with Crippen molar-refractivity contribution in [2.75, 3.05) is 0 Å². The molecule has 0 amide bonds. The molecule has 1 aromatic heterocycles. The molecule has 72 valence electrons. The lowest BCUT2D eigenvalue weighted by atomic mass is 10.3. The molecule has 4 heteroatoms. The van der Waals surface area contributed by atoms with Crippen LogP contribution in [0.3, 0.4) is 0 Å². The van der Waals surface area contributed by atoms with Crippen molar-refractivity contribution in [3.05, 3.63) is 28.0 Å². The second-order valence-corrected chi connectivity index (χ2v) is 5.25. The van der Waals surface area contributed by atoms with Gasteiger partial charge in [0.1, 0.15) is 10.3 Å². The Morgan fingerprint density at radius 2 is 2.08 bits per heavy atom. The topological polar surface area (TPSA) is 12.9 Å². The largest absolute Gasteiger partial charge is 0.224 e. The van der Waals surface area contributed by atoms with Gasteiger partial charge in [0.15, 0.2) is 0 Å². The quantitative estimate of drug-likeness (QED) is 0.735. The second kappa shape index (κ2) is 5.08. The van der Waals surface area contributed by atoms with Gasteiger partial charge in [0.05, 0.1) is 0 Å². The summed E-state index contributed by atoms with van der Waals surface area (Å²) in [6, 6.07) is 3.69. The van der Waals surface area contributed by atoms with Crippen molar-refractivity contribution in [1.29, 1.82) is 0 Å². The van der Waals surface area contributed by atoms with Gasteiger partial charge in [-0.2, -0.15) is 11.8 Å². The van der Waals surface area contributed by atoms with Crippen LogP contribution in [0.25, 0.3) is 0 Å². The van der Waals surface area contributed by atoms with Gasteiger partial charge in [-0.1, -0.05) is 43.1 Å². The summed E-state index contributed by atoms with van der Waals surface area (Å²) in [7, 11) is 0. The van der Waals surface area contributed by atoms with Crippen LogP contribution in [-0.2, 0) is 5.75 Å².